The molecule has 2 rings (SSSR count). The van der Waals surface area contributed by atoms with Gasteiger partial charge in [0.1, 0.15) is 0 Å². The van der Waals surface area contributed by atoms with Crippen LogP contribution in [0.4, 0.5) is 0 Å². The minimum absolute atomic E-state index is 0.176. The van der Waals surface area contributed by atoms with Crippen LogP contribution in [0.5, 0.6) is 0 Å². The Hall–Kier alpha value is -0.610. The summed E-state index contributed by atoms with van der Waals surface area (Å²) in [5.74, 6) is 0.456. The maximum absolute atomic E-state index is 12.1. The highest BCUT2D eigenvalue weighted by atomic mass is 16.1. The molecule has 122 valence electrons. The van der Waals surface area contributed by atoms with Crippen molar-refractivity contribution in [1.29, 1.82) is 0 Å². The molecule has 4 nitrogen and oxygen atoms in total. The van der Waals surface area contributed by atoms with Crippen molar-refractivity contribution < 1.29 is 4.79 Å². The van der Waals surface area contributed by atoms with Gasteiger partial charge in [-0.1, -0.05) is 32.6 Å². The van der Waals surface area contributed by atoms with E-state index in [-0.39, 0.29) is 17.4 Å². The molecule has 0 aromatic carbocycles. The summed E-state index contributed by atoms with van der Waals surface area (Å²) in [7, 11) is 0. The van der Waals surface area contributed by atoms with E-state index in [1.165, 1.54) is 64.5 Å². The largest absolute Gasteiger partial charge is 0.354 e. The van der Waals surface area contributed by atoms with E-state index in [2.05, 4.69) is 10.2 Å². The zero-order valence-corrected chi connectivity index (χ0v) is 13.7. The number of amides is 1. The number of piperidine rings is 1. The van der Waals surface area contributed by atoms with Crippen LogP contribution in [-0.2, 0) is 4.79 Å². The normalized spacial score (nSPS) is 24.5. The number of carbonyl (C=O) groups is 1. The summed E-state index contributed by atoms with van der Waals surface area (Å²) in [6.45, 7) is 5.90. The summed E-state index contributed by atoms with van der Waals surface area (Å²) < 4.78 is 0. The van der Waals surface area contributed by atoms with Crippen molar-refractivity contribution in [2.45, 2.75) is 70.3 Å². The fourth-order valence-electron chi connectivity index (χ4n) is 3.92. The molecule has 1 saturated heterocycles. The van der Waals surface area contributed by atoms with E-state index in [0.29, 0.717) is 13.0 Å². The Morgan fingerprint density at radius 1 is 1.14 bits per heavy atom. The van der Waals surface area contributed by atoms with Gasteiger partial charge in [0, 0.05) is 18.5 Å². The van der Waals surface area contributed by atoms with Crippen molar-refractivity contribution in [3.05, 3.63) is 0 Å². The van der Waals surface area contributed by atoms with E-state index in [9.17, 15) is 4.79 Å². The maximum Gasteiger partial charge on any atom is 0.220 e. The SMILES string of the molecule is CC(CN)CC(=O)NCC1(N2CCCCC2)CCCCC1. The number of hydrogen-bond donors (Lipinski definition) is 2. The Labute approximate surface area is 129 Å². The average Bonchev–Trinajstić information content (AvgIpc) is 2.54. The number of nitrogens with two attached hydrogens (primary N) is 1. The fourth-order valence-corrected chi connectivity index (χ4v) is 3.92. The first-order chi connectivity index (χ1) is 10.2. The molecule has 4 heteroatoms. The van der Waals surface area contributed by atoms with Gasteiger partial charge in [0.25, 0.3) is 0 Å². The van der Waals surface area contributed by atoms with Gasteiger partial charge in [0.2, 0.25) is 5.91 Å². The maximum atomic E-state index is 12.1. The number of nitrogens with one attached hydrogen (secondary N) is 1. The summed E-state index contributed by atoms with van der Waals surface area (Å²) in [4.78, 5) is 14.8. The Kier molecular flexibility index (Phi) is 6.49. The van der Waals surface area contributed by atoms with Crippen LogP contribution in [0.15, 0.2) is 0 Å². The number of likely N-dealkylation sites (tertiary alicyclic amines) is 1. The predicted octanol–water partition coefficient (Wildman–Crippen LogP) is 2.28. The Morgan fingerprint density at radius 2 is 1.76 bits per heavy atom. The molecule has 2 fully saturated rings. The zero-order valence-electron chi connectivity index (χ0n) is 13.7. The van der Waals surface area contributed by atoms with Crippen molar-refractivity contribution in [3.63, 3.8) is 0 Å². The molecule has 1 saturated carbocycles. The summed E-state index contributed by atoms with van der Waals surface area (Å²) >= 11 is 0. The van der Waals surface area contributed by atoms with Crippen molar-refractivity contribution in [2.75, 3.05) is 26.2 Å². The highest BCUT2D eigenvalue weighted by Crippen LogP contribution is 2.35. The molecule has 1 atom stereocenters. The van der Waals surface area contributed by atoms with Gasteiger partial charge in [-0.3, -0.25) is 9.69 Å². The number of nitrogens with zero attached hydrogens (tertiary/aromatic N) is 1. The third-order valence-corrected chi connectivity index (χ3v) is 5.36. The van der Waals surface area contributed by atoms with E-state index < -0.39 is 0 Å². The van der Waals surface area contributed by atoms with Crippen LogP contribution < -0.4 is 11.1 Å². The third-order valence-electron chi connectivity index (χ3n) is 5.36. The van der Waals surface area contributed by atoms with Crippen molar-refractivity contribution in [3.8, 4) is 0 Å². The van der Waals surface area contributed by atoms with Crippen LogP contribution in [0.2, 0.25) is 0 Å². The smallest absolute Gasteiger partial charge is 0.220 e. The second-order valence-corrected chi connectivity index (χ2v) is 7.15. The minimum atomic E-state index is 0.176. The number of hydrogen-bond acceptors (Lipinski definition) is 3. The molecule has 1 aliphatic carbocycles. The highest BCUT2D eigenvalue weighted by molar-refractivity contribution is 5.76. The summed E-state index contributed by atoms with van der Waals surface area (Å²) in [5, 5.41) is 3.22. The number of rotatable bonds is 6. The Balaban J connectivity index is 1.91. The summed E-state index contributed by atoms with van der Waals surface area (Å²) in [6, 6.07) is 0. The number of carbonyl (C=O) groups excluding carboxylic acids is 1. The molecular formula is C17H33N3O. The molecular weight excluding hydrogens is 262 g/mol. The van der Waals surface area contributed by atoms with Crippen LogP contribution in [-0.4, -0.2) is 42.5 Å². The van der Waals surface area contributed by atoms with Gasteiger partial charge < -0.3 is 11.1 Å². The highest BCUT2D eigenvalue weighted by Gasteiger charge is 2.38. The van der Waals surface area contributed by atoms with E-state index in [1.54, 1.807) is 0 Å². The lowest BCUT2D eigenvalue weighted by atomic mass is 9.79. The zero-order chi connectivity index (χ0) is 15.1. The third kappa shape index (κ3) is 4.68. The van der Waals surface area contributed by atoms with Crippen LogP contribution in [0, 0.1) is 5.92 Å². The monoisotopic (exact) mass is 295 g/mol. The summed E-state index contributed by atoms with van der Waals surface area (Å²) in [6.07, 6.45) is 11.0. The molecule has 3 N–H and O–H groups in total. The first-order valence-corrected chi connectivity index (χ1v) is 8.88. The van der Waals surface area contributed by atoms with E-state index in [1.807, 2.05) is 6.92 Å². The molecule has 1 heterocycles. The van der Waals surface area contributed by atoms with Gasteiger partial charge in [-0.05, 0) is 51.2 Å². The van der Waals surface area contributed by atoms with Crippen LogP contribution in [0.3, 0.4) is 0 Å². The van der Waals surface area contributed by atoms with Crippen molar-refractivity contribution in [1.82, 2.24) is 10.2 Å². The van der Waals surface area contributed by atoms with Crippen LogP contribution in [0.25, 0.3) is 0 Å². The molecule has 21 heavy (non-hydrogen) atoms. The lowest BCUT2D eigenvalue weighted by molar-refractivity contribution is -0.122. The lowest BCUT2D eigenvalue weighted by Gasteiger charge is -2.48. The van der Waals surface area contributed by atoms with Crippen LogP contribution in [0.1, 0.15) is 64.7 Å². The molecule has 1 aliphatic heterocycles. The molecule has 0 radical (unpaired) electrons. The van der Waals surface area contributed by atoms with Crippen molar-refractivity contribution >= 4 is 5.91 Å². The first kappa shape index (κ1) is 16.8. The molecule has 1 amide bonds. The molecule has 0 aromatic rings. The Morgan fingerprint density at radius 3 is 2.38 bits per heavy atom. The van der Waals surface area contributed by atoms with Crippen LogP contribution >= 0.6 is 0 Å². The molecule has 1 unspecified atom stereocenters. The lowest BCUT2D eigenvalue weighted by Crippen LogP contribution is -2.58. The minimum Gasteiger partial charge on any atom is -0.354 e. The Bertz CT molecular complexity index is 320. The molecule has 0 spiro atoms. The molecule has 0 bridgehead atoms. The van der Waals surface area contributed by atoms with E-state index in [4.69, 9.17) is 5.73 Å². The van der Waals surface area contributed by atoms with Crippen molar-refractivity contribution in [2.24, 2.45) is 11.7 Å². The van der Waals surface area contributed by atoms with Gasteiger partial charge >= 0.3 is 0 Å². The fraction of sp³-hybridized carbons (Fsp3) is 0.941. The molecule has 0 aromatic heterocycles. The standard InChI is InChI=1S/C17H33N3O/c1-15(13-18)12-16(21)19-14-17(8-4-2-5-9-17)20-10-6-3-7-11-20/h15H,2-14,18H2,1H3,(H,19,21). The first-order valence-electron chi connectivity index (χ1n) is 8.88. The summed E-state index contributed by atoms with van der Waals surface area (Å²) in [5.41, 5.74) is 5.85. The predicted molar refractivity (Wildman–Crippen MR) is 87.1 cm³/mol. The second-order valence-electron chi connectivity index (χ2n) is 7.15. The van der Waals surface area contributed by atoms with Gasteiger partial charge in [-0.15, -0.1) is 0 Å². The molecule has 2 aliphatic rings. The van der Waals surface area contributed by atoms with Gasteiger partial charge in [0.15, 0.2) is 0 Å². The quantitative estimate of drug-likeness (QED) is 0.790. The topological polar surface area (TPSA) is 58.4 Å². The van der Waals surface area contributed by atoms with Gasteiger partial charge in [-0.2, -0.15) is 0 Å². The van der Waals surface area contributed by atoms with Gasteiger partial charge in [0.05, 0.1) is 0 Å². The average molecular weight is 295 g/mol. The van der Waals surface area contributed by atoms with E-state index >= 15 is 0 Å². The second kappa shape index (κ2) is 8.14. The van der Waals surface area contributed by atoms with E-state index in [0.717, 1.165) is 6.54 Å². The van der Waals surface area contributed by atoms with Gasteiger partial charge in [-0.25, -0.2) is 0 Å².